The topological polar surface area (TPSA) is 32.3 Å². The molecule has 0 aliphatic rings. The van der Waals surface area contributed by atoms with E-state index >= 15 is 0 Å². The van der Waals surface area contributed by atoms with Crippen molar-refractivity contribution < 1.29 is 5.11 Å². The van der Waals surface area contributed by atoms with Crippen molar-refractivity contribution in [1.29, 1.82) is 0 Å². The molecule has 1 aromatic carbocycles. The first-order valence-corrected chi connectivity index (χ1v) is 7.05. The van der Waals surface area contributed by atoms with Gasteiger partial charge in [0.25, 0.3) is 0 Å². The Balaban J connectivity index is 2.18. The van der Waals surface area contributed by atoms with E-state index < -0.39 is 0 Å². The van der Waals surface area contributed by atoms with E-state index in [1.165, 1.54) is 5.56 Å². The molecule has 17 heavy (non-hydrogen) atoms. The molecule has 90 valence electrons. The maximum absolute atomic E-state index is 9.47. The van der Waals surface area contributed by atoms with Crippen molar-refractivity contribution in [3.05, 3.63) is 50.6 Å². The number of halogens is 1. The maximum Gasteiger partial charge on any atom is 0.0753 e. The Kier molecular flexibility index (Phi) is 4.20. The third-order valence-corrected chi connectivity index (χ3v) is 4.17. The summed E-state index contributed by atoms with van der Waals surface area (Å²) in [4.78, 5) is 0. The molecule has 1 unspecified atom stereocenters. The van der Waals surface area contributed by atoms with Crippen LogP contribution in [-0.4, -0.2) is 11.7 Å². The fourth-order valence-corrected chi connectivity index (χ4v) is 2.89. The number of aliphatic hydroxyl groups is 1. The van der Waals surface area contributed by atoms with Crippen LogP contribution in [0.25, 0.3) is 0 Å². The average molecular weight is 312 g/mol. The van der Waals surface area contributed by atoms with E-state index in [2.05, 4.69) is 39.6 Å². The Bertz CT molecular complexity index is 498. The number of thiophene rings is 1. The van der Waals surface area contributed by atoms with E-state index in [1.54, 1.807) is 11.3 Å². The highest BCUT2D eigenvalue weighted by Crippen LogP contribution is 2.28. The van der Waals surface area contributed by atoms with Gasteiger partial charge in [-0.05, 0) is 51.5 Å². The van der Waals surface area contributed by atoms with Crippen molar-refractivity contribution in [2.24, 2.45) is 0 Å². The summed E-state index contributed by atoms with van der Waals surface area (Å²) in [7, 11) is 0. The number of rotatable bonds is 4. The minimum Gasteiger partial charge on any atom is -0.394 e. The van der Waals surface area contributed by atoms with Gasteiger partial charge in [-0.2, -0.15) is 0 Å². The predicted octanol–water partition coefficient (Wildman–Crippen LogP) is 3.96. The van der Waals surface area contributed by atoms with Crippen LogP contribution in [0.2, 0.25) is 0 Å². The number of para-hydroxylation sites is 1. The van der Waals surface area contributed by atoms with Crippen LogP contribution in [0.3, 0.4) is 0 Å². The summed E-state index contributed by atoms with van der Waals surface area (Å²) in [5.41, 5.74) is 3.35. The van der Waals surface area contributed by atoms with Crippen LogP contribution in [0.15, 0.2) is 39.5 Å². The van der Waals surface area contributed by atoms with Gasteiger partial charge in [-0.3, -0.25) is 0 Å². The molecule has 2 aromatic rings. The minimum absolute atomic E-state index is 0.0568. The summed E-state index contributed by atoms with van der Waals surface area (Å²) in [5.74, 6) is 0. The molecule has 0 bridgehead atoms. The molecular weight excluding hydrogens is 298 g/mol. The van der Waals surface area contributed by atoms with Crippen LogP contribution in [0.1, 0.15) is 17.2 Å². The van der Waals surface area contributed by atoms with E-state index in [0.717, 1.165) is 15.0 Å². The molecule has 0 aliphatic carbocycles. The first kappa shape index (κ1) is 12.6. The van der Waals surface area contributed by atoms with Gasteiger partial charge in [0, 0.05) is 5.69 Å². The summed E-state index contributed by atoms with van der Waals surface area (Å²) >= 11 is 5.07. The smallest absolute Gasteiger partial charge is 0.0753 e. The van der Waals surface area contributed by atoms with Gasteiger partial charge in [0.2, 0.25) is 0 Å². The SMILES string of the molecule is Cc1ccccc1NC(CO)c1csc(Br)c1. The molecule has 2 nitrogen and oxygen atoms in total. The van der Waals surface area contributed by atoms with Crippen LogP contribution >= 0.6 is 27.3 Å². The van der Waals surface area contributed by atoms with E-state index in [1.807, 2.05) is 24.3 Å². The number of anilines is 1. The van der Waals surface area contributed by atoms with Crippen molar-refractivity contribution in [3.8, 4) is 0 Å². The third kappa shape index (κ3) is 3.09. The Morgan fingerprint density at radius 3 is 2.76 bits per heavy atom. The summed E-state index contributed by atoms with van der Waals surface area (Å²) in [6.07, 6.45) is 0. The predicted molar refractivity (Wildman–Crippen MR) is 76.6 cm³/mol. The van der Waals surface area contributed by atoms with Crippen LogP contribution in [0.5, 0.6) is 0 Å². The maximum atomic E-state index is 9.47. The van der Waals surface area contributed by atoms with Crippen LogP contribution in [0.4, 0.5) is 5.69 Å². The summed E-state index contributed by atoms with van der Waals surface area (Å²) in [6, 6.07) is 10.1. The second-order valence-corrected chi connectivity index (χ2v) is 6.17. The molecule has 0 aliphatic heterocycles. The quantitative estimate of drug-likeness (QED) is 0.895. The van der Waals surface area contributed by atoms with Gasteiger partial charge in [0.1, 0.15) is 0 Å². The molecule has 1 atom stereocenters. The van der Waals surface area contributed by atoms with E-state index in [4.69, 9.17) is 0 Å². The standard InChI is InChI=1S/C13H14BrNOS/c1-9-4-2-3-5-11(9)15-12(7-16)10-6-13(14)17-8-10/h2-6,8,12,15-16H,7H2,1H3. The lowest BCUT2D eigenvalue weighted by molar-refractivity contribution is 0.276. The largest absolute Gasteiger partial charge is 0.394 e. The van der Waals surface area contributed by atoms with Crippen molar-refractivity contribution >= 4 is 33.0 Å². The van der Waals surface area contributed by atoms with Gasteiger partial charge in [-0.25, -0.2) is 0 Å². The molecule has 4 heteroatoms. The highest BCUT2D eigenvalue weighted by molar-refractivity contribution is 9.11. The first-order valence-electron chi connectivity index (χ1n) is 5.37. The fourth-order valence-electron chi connectivity index (χ4n) is 1.66. The summed E-state index contributed by atoms with van der Waals surface area (Å²) in [5, 5.41) is 14.9. The zero-order valence-corrected chi connectivity index (χ0v) is 11.9. The lowest BCUT2D eigenvalue weighted by atomic mass is 10.1. The van der Waals surface area contributed by atoms with E-state index in [0.29, 0.717) is 0 Å². The molecule has 2 rings (SSSR count). The molecule has 1 heterocycles. The summed E-state index contributed by atoms with van der Waals surface area (Å²) in [6.45, 7) is 2.14. The van der Waals surface area contributed by atoms with Gasteiger partial charge in [0.15, 0.2) is 0 Å². The number of nitrogens with one attached hydrogen (secondary N) is 1. The first-order chi connectivity index (χ1) is 8.20. The molecule has 2 N–H and O–H groups in total. The van der Waals surface area contributed by atoms with Gasteiger partial charge >= 0.3 is 0 Å². The second-order valence-electron chi connectivity index (χ2n) is 3.88. The molecular formula is C13H14BrNOS. The van der Waals surface area contributed by atoms with Gasteiger partial charge in [0.05, 0.1) is 16.4 Å². The monoisotopic (exact) mass is 311 g/mol. The second kappa shape index (κ2) is 5.67. The Hall–Kier alpha value is -0.840. The van der Waals surface area contributed by atoms with Crippen LogP contribution in [-0.2, 0) is 0 Å². The van der Waals surface area contributed by atoms with Gasteiger partial charge in [-0.1, -0.05) is 18.2 Å². The van der Waals surface area contributed by atoms with Crippen molar-refractivity contribution in [1.82, 2.24) is 0 Å². The van der Waals surface area contributed by atoms with Crippen molar-refractivity contribution in [3.63, 3.8) is 0 Å². The zero-order valence-electron chi connectivity index (χ0n) is 9.48. The Labute approximate surface area is 113 Å². The molecule has 0 radical (unpaired) electrons. The number of aliphatic hydroxyl groups excluding tert-OH is 1. The Morgan fingerprint density at radius 1 is 1.41 bits per heavy atom. The number of benzene rings is 1. The zero-order chi connectivity index (χ0) is 12.3. The highest BCUT2D eigenvalue weighted by Gasteiger charge is 2.12. The number of hydrogen-bond donors (Lipinski definition) is 2. The van der Waals surface area contributed by atoms with Crippen molar-refractivity contribution in [2.45, 2.75) is 13.0 Å². The lowest BCUT2D eigenvalue weighted by Crippen LogP contribution is -2.14. The van der Waals surface area contributed by atoms with Crippen molar-refractivity contribution in [2.75, 3.05) is 11.9 Å². The summed E-state index contributed by atoms with van der Waals surface area (Å²) < 4.78 is 1.08. The van der Waals surface area contributed by atoms with Gasteiger partial charge in [-0.15, -0.1) is 11.3 Å². The minimum atomic E-state index is -0.0568. The number of aryl methyl sites for hydroxylation is 1. The normalized spacial score (nSPS) is 12.4. The fraction of sp³-hybridized carbons (Fsp3) is 0.231. The lowest BCUT2D eigenvalue weighted by Gasteiger charge is -2.18. The average Bonchev–Trinajstić information content (AvgIpc) is 2.75. The molecule has 0 saturated heterocycles. The van der Waals surface area contributed by atoms with Crippen LogP contribution in [0, 0.1) is 6.92 Å². The number of hydrogen-bond acceptors (Lipinski definition) is 3. The molecule has 1 aromatic heterocycles. The third-order valence-electron chi connectivity index (χ3n) is 2.65. The Morgan fingerprint density at radius 2 is 2.18 bits per heavy atom. The molecule has 0 fully saturated rings. The van der Waals surface area contributed by atoms with E-state index in [9.17, 15) is 5.11 Å². The van der Waals surface area contributed by atoms with E-state index in [-0.39, 0.29) is 12.6 Å². The molecule has 0 spiro atoms. The van der Waals surface area contributed by atoms with Gasteiger partial charge < -0.3 is 10.4 Å². The highest BCUT2D eigenvalue weighted by atomic mass is 79.9. The van der Waals surface area contributed by atoms with Crippen LogP contribution < -0.4 is 5.32 Å². The molecule has 0 saturated carbocycles. The molecule has 0 amide bonds.